The summed E-state index contributed by atoms with van der Waals surface area (Å²) in [5.74, 6) is 2.59. The van der Waals surface area contributed by atoms with Gasteiger partial charge in [0.05, 0.1) is 31.0 Å². The van der Waals surface area contributed by atoms with Crippen LogP contribution >= 0.6 is 11.8 Å². The van der Waals surface area contributed by atoms with Crippen molar-refractivity contribution in [3.8, 4) is 34.3 Å². The van der Waals surface area contributed by atoms with Crippen LogP contribution < -0.4 is 14.8 Å². The molecule has 0 unspecified atom stereocenters. The third-order valence-corrected chi connectivity index (χ3v) is 6.02. The highest BCUT2D eigenvalue weighted by molar-refractivity contribution is 7.99. The molecule has 9 nitrogen and oxygen atoms in total. The third kappa shape index (κ3) is 5.12. The van der Waals surface area contributed by atoms with Crippen molar-refractivity contribution in [2.45, 2.75) is 5.22 Å². The number of nitrogens with one attached hydrogen (secondary N) is 2. The van der Waals surface area contributed by atoms with E-state index in [4.69, 9.17) is 13.9 Å². The molecule has 0 saturated carbocycles. The summed E-state index contributed by atoms with van der Waals surface area (Å²) in [5, 5.41) is 11.3. The van der Waals surface area contributed by atoms with Crippen molar-refractivity contribution in [3.05, 3.63) is 66.7 Å². The Morgan fingerprint density at radius 1 is 0.943 bits per heavy atom. The number of thioether (sulfide) groups is 1. The van der Waals surface area contributed by atoms with Crippen molar-refractivity contribution in [3.63, 3.8) is 0 Å². The number of aromatic nitrogens is 4. The molecule has 0 bridgehead atoms. The van der Waals surface area contributed by atoms with E-state index in [1.165, 1.54) is 11.8 Å². The Hall–Kier alpha value is -4.31. The lowest BCUT2D eigenvalue weighted by Gasteiger charge is -2.05. The number of ether oxygens (including phenoxy) is 2. The number of hydrogen-bond acceptors (Lipinski definition) is 8. The molecular formula is C25H21N5O4S. The quantitative estimate of drug-likeness (QED) is 0.293. The maximum atomic E-state index is 12.2. The number of imidazole rings is 1. The molecule has 0 atom stereocenters. The van der Waals surface area contributed by atoms with Crippen LogP contribution in [-0.4, -0.2) is 46.0 Å². The van der Waals surface area contributed by atoms with Crippen LogP contribution in [0.25, 0.3) is 33.9 Å². The second-order valence-corrected chi connectivity index (χ2v) is 8.41. The first-order valence-corrected chi connectivity index (χ1v) is 11.6. The number of rotatable bonds is 8. The van der Waals surface area contributed by atoms with Crippen LogP contribution in [0, 0.1) is 0 Å². The minimum absolute atomic E-state index is 0.137. The van der Waals surface area contributed by atoms with Gasteiger partial charge < -0.3 is 24.2 Å². The highest BCUT2D eigenvalue weighted by Gasteiger charge is 2.13. The van der Waals surface area contributed by atoms with Crippen molar-refractivity contribution in [1.29, 1.82) is 0 Å². The fourth-order valence-electron chi connectivity index (χ4n) is 3.41. The highest BCUT2D eigenvalue weighted by atomic mass is 32.2. The molecule has 5 rings (SSSR count). The summed E-state index contributed by atoms with van der Waals surface area (Å²) in [4.78, 5) is 20.2. The predicted octanol–water partition coefficient (Wildman–Crippen LogP) is 5.03. The average Bonchev–Trinajstić information content (AvgIpc) is 3.55. The van der Waals surface area contributed by atoms with Crippen LogP contribution in [0.5, 0.6) is 11.5 Å². The Balaban J connectivity index is 1.24. The average molecular weight is 488 g/mol. The molecule has 2 heterocycles. The Bertz CT molecular complexity index is 1460. The molecule has 5 aromatic rings. The number of anilines is 1. The Morgan fingerprint density at radius 2 is 1.63 bits per heavy atom. The van der Waals surface area contributed by atoms with Crippen molar-refractivity contribution in [2.75, 3.05) is 25.3 Å². The van der Waals surface area contributed by atoms with E-state index in [1.54, 1.807) is 38.5 Å². The standard InChI is InChI=1S/C25H21N5O4S/c1-32-18-8-3-15(4-9-18)23-27-20-12-5-16(13-21(20)28-23)24-29-30-25(34-24)35-14-22(31)26-17-6-10-19(33-2)11-7-17/h3-13H,14H2,1-2H3,(H,26,31)(H,27,28). The van der Waals surface area contributed by atoms with Crippen LogP contribution in [0.1, 0.15) is 0 Å². The molecule has 0 saturated heterocycles. The minimum Gasteiger partial charge on any atom is -0.497 e. The first kappa shape index (κ1) is 22.5. The van der Waals surface area contributed by atoms with E-state index in [0.717, 1.165) is 39.5 Å². The summed E-state index contributed by atoms with van der Waals surface area (Å²) in [6, 6.07) is 20.5. The molecule has 1 amide bonds. The largest absolute Gasteiger partial charge is 0.497 e. The smallest absolute Gasteiger partial charge is 0.277 e. The molecular weight excluding hydrogens is 466 g/mol. The third-order valence-electron chi connectivity index (χ3n) is 5.20. The van der Waals surface area contributed by atoms with Crippen molar-refractivity contribution in [2.24, 2.45) is 0 Å². The van der Waals surface area contributed by atoms with Gasteiger partial charge in [0.25, 0.3) is 5.22 Å². The van der Waals surface area contributed by atoms with E-state index in [-0.39, 0.29) is 11.7 Å². The monoisotopic (exact) mass is 487 g/mol. The fraction of sp³-hybridized carbons (Fsp3) is 0.120. The van der Waals surface area contributed by atoms with Crippen LogP contribution in [0.3, 0.4) is 0 Å². The van der Waals surface area contributed by atoms with Crippen LogP contribution in [0.4, 0.5) is 5.69 Å². The van der Waals surface area contributed by atoms with Gasteiger partial charge in [0, 0.05) is 16.8 Å². The molecule has 0 aliphatic rings. The summed E-state index contributed by atoms with van der Waals surface area (Å²) in [6.45, 7) is 0. The van der Waals surface area contributed by atoms with E-state index in [2.05, 4.69) is 25.5 Å². The summed E-state index contributed by atoms with van der Waals surface area (Å²) in [6.07, 6.45) is 0. The lowest BCUT2D eigenvalue weighted by Crippen LogP contribution is -2.13. The summed E-state index contributed by atoms with van der Waals surface area (Å²) < 4.78 is 16.1. The van der Waals surface area contributed by atoms with Crippen molar-refractivity contribution in [1.82, 2.24) is 20.2 Å². The van der Waals surface area contributed by atoms with E-state index < -0.39 is 0 Å². The molecule has 35 heavy (non-hydrogen) atoms. The Morgan fingerprint density at radius 3 is 2.34 bits per heavy atom. The van der Waals surface area contributed by atoms with E-state index in [1.807, 2.05) is 42.5 Å². The number of aromatic amines is 1. The fourth-order valence-corrected chi connectivity index (χ4v) is 3.97. The number of hydrogen-bond donors (Lipinski definition) is 2. The SMILES string of the molecule is COc1ccc(NC(=O)CSc2nnc(-c3ccc4nc(-c5ccc(OC)cc5)[nH]c4c3)o2)cc1. The van der Waals surface area contributed by atoms with E-state index >= 15 is 0 Å². The van der Waals surface area contributed by atoms with Crippen LogP contribution in [-0.2, 0) is 4.79 Å². The predicted molar refractivity (Wildman–Crippen MR) is 134 cm³/mol. The van der Waals surface area contributed by atoms with Gasteiger partial charge in [-0.1, -0.05) is 11.8 Å². The van der Waals surface area contributed by atoms with Gasteiger partial charge in [-0.15, -0.1) is 10.2 Å². The molecule has 0 aliphatic heterocycles. The normalized spacial score (nSPS) is 10.9. The van der Waals surface area contributed by atoms with Gasteiger partial charge >= 0.3 is 0 Å². The molecule has 0 radical (unpaired) electrons. The molecule has 0 fully saturated rings. The van der Waals surface area contributed by atoms with E-state index in [9.17, 15) is 4.79 Å². The number of methoxy groups -OCH3 is 2. The zero-order chi connectivity index (χ0) is 24.2. The van der Waals surface area contributed by atoms with Crippen LogP contribution in [0.2, 0.25) is 0 Å². The lowest BCUT2D eigenvalue weighted by molar-refractivity contribution is -0.113. The minimum atomic E-state index is -0.176. The van der Waals surface area contributed by atoms with Gasteiger partial charge in [0.2, 0.25) is 11.8 Å². The van der Waals surface area contributed by atoms with Gasteiger partial charge in [0.1, 0.15) is 17.3 Å². The topological polar surface area (TPSA) is 115 Å². The van der Waals surface area contributed by atoms with Crippen molar-refractivity contribution >= 4 is 34.4 Å². The number of H-pyrrole nitrogens is 1. The Kier molecular flexibility index (Phi) is 6.36. The molecule has 2 aromatic heterocycles. The number of amides is 1. The highest BCUT2D eigenvalue weighted by Crippen LogP contribution is 2.28. The van der Waals surface area contributed by atoms with Gasteiger partial charge in [0.15, 0.2) is 0 Å². The molecule has 10 heteroatoms. The number of carbonyl (C=O) groups is 1. The lowest BCUT2D eigenvalue weighted by atomic mass is 10.2. The number of benzene rings is 3. The number of carbonyl (C=O) groups excluding carboxylic acids is 1. The zero-order valence-corrected chi connectivity index (χ0v) is 19.8. The molecule has 0 aliphatic carbocycles. The zero-order valence-electron chi connectivity index (χ0n) is 18.9. The van der Waals surface area contributed by atoms with Gasteiger partial charge in [-0.25, -0.2) is 4.98 Å². The Labute approximate surface area is 204 Å². The number of fused-ring (bicyclic) bond motifs is 1. The molecule has 0 spiro atoms. The summed E-state index contributed by atoms with van der Waals surface area (Å²) in [7, 11) is 3.23. The van der Waals surface area contributed by atoms with Crippen LogP contribution in [0.15, 0.2) is 76.4 Å². The second kappa shape index (κ2) is 9.90. The molecule has 2 N–H and O–H groups in total. The maximum Gasteiger partial charge on any atom is 0.277 e. The van der Waals surface area contributed by atoms with Gasteiger partial charge in [-0.05, 0) is 66.7 Å². The summed E-state index contributed by atoms with van der Waals surface area (Å²) >= 11 is 1.17. The van der Waals surface area contributed by atoms with E-state index in [0.29, 0.717) is 16.8 Å². The number of nitrogens with zero attached hydrogens (tertiary/aromatic N) is 3. The first-order chi connectivity index (χ1) is 17.1. The van der Waals surface area contributed by atoms with Gasteiger partial charge in [-0.2, -0.15) is 0 Å². The van der Waals surface area contributed by atoms with Gasteiger partial charge in [-0.3, -0.25) is 4.79 Å². The molecule has 176 valence electrons. The first-order valence-electron chi connectivity index (χ1n) is 10.7. The molecule has 3 aromatic carbocycles. The maximum absolute atomic E-state index is 12.2. The van der Waals surface area contributed by atoms with Crippen molar-refractivity contribution < 1.29 is 18.7 Å². The summed E-state index contributed by atoms with van der Waals surface area (Å²) in [5.41, 5.74) is 4.06. The second-order valence-electron chi connectivity index (χ2n) is 7.48.